The Morgan fingerprint density at radius 3 is 2.77 bits per heavy atom. The van der Waals surface area contributed by atoms with Crippen molar-refractivity contribution in [3.05, 3.63) is 23.8 Å². The van der Waals surface area contributed by atoms with Gasteiger partial charge in [-0.25, -0.2) is 0 Å². The molecular formula is C12H21N. The molecule has 0 fully saturated rings. The van der Waals surface area contributed by atoms with Crippen LogP contribution in [0.4, 0.5) is 0 Å². The van der Waals surface area contributed by atoms with Crippen LogP contribution in [0.3, 0.4) is 0 Å². The topological polar surface area (TPSA) is 26.0 Å². The SMILES string of the molecule is CCCC1=CC=CC(N)(CCC)C1. The van der Waals surface area contributed by atoms with Crippen LogP contribution in [0.15, 0.2) is 23.8 Å². The van der Waals surface area contributed by atoms with Crippen LogP contribution in [0, 0.1) is 0 Å². The molecule has 1 unspecified atom stereocenters. The van der Waals surface area contributed by atoms with E-state index in [0.717, 1.165) is 12.8 Å². The summed E-state index contributed by atoms with van der Waals surface area (Å²) in [6.07, 6.45) is 12.3. The van der Waals surface area contributed by atoms with Crippen LogP contribution in [0.5, 0.6) is 0 Å². The Morgan fingerprint density at radius 1 is 1.38 bits per heavy atom. The van der Waals surface area contributed by atoms with Gasteiger partial charge in [0.25, 0.3) is 0 Å². The molecule has 0 saturated carbocycles. The Hall–Kier alpha value is -0.560. The lowest BCUT2D eigenvalue weighted by atomic mass is 9.83. The normalized spacial score (nSPS) is 27.5. The van der Waals surface area contributed by atoms with Gasteiger partial charge < -0.3 is 5.73 Å². The van der Waals surface area contributed by atoms with E-state index in [0.29, 0.717) is 0 Å². The smallest absolute Gasteiger partial charge is 0.0379 e. The van der Waals surface area contributed by atoms with Gasteiger partial charge in [0.05, 0.1) is 0 Å². The Morgan fingerprint density at radius 2 is 2.15 bits per heavy atom. The zero-order valence-corrected chi connectivity index (χ0v) is 8.84. The summed E-state index contributed by atoms with van der Waals surface area (Å²) in [5, 5.41) is 0. The quantitative estimate of drug-likeness (QED) is 0.704. The van der Waals surface area contributed by atoms with Crippen molar-refractivity contribution in [2.75, 3.05) is 0 Å². The fourth-order valence-corrected chi connectivity index (χ4v) is 2.05. The predicted octanol–water partition coefficient (Wildman–Crippen LogP) is 3.17. The summed E-state index contributed by atoms with van der Waals surface area (Å²) >= 11 is 0. The third kappa shape index (κ3) is 3.00. The van der Waals surface area contributed by atoms with E-state index >= 15 is 0 Å². The summed E-state index contributed by atoms with van der Waals surface area (Å²) in [6.45, 7) is 4.41. The average molecular weight is 179 g/mol. The largest absolute Gasteiger partial charge is 0.322 e. The third-order valence-electron chi connectivity index (χ3n) is 2.60. The fourth-order valence-electron chi connectivity index (χ4n) is 2.05. The fraction of sp³-hybridized carbons (Fsp3) is 0.667. The molecule has 1 nitrogen and oxygen atoms in total. The molecule has 1 heteroatoms. The number of hydrogen-bond donors (Lipinski definition) is 1. The van der Waals surface area contributed by atoms with E-state index in [-0.39, 0.29) is 5.54 Å². The Labute approximate surface area is 81.7 Å². The van der Waals surface area contributed by atoms with Crippen LogP contribution in [0.1, 0.15) is 46.0 Å². The second kappa shape index (κ2) is 4.61. The van der Waals surface area contributed by atoms with E-state index < -0.39 is 0 Å². The first-order valence-corrected chi connectivity index (χ1v) is 5.36. The molecule has 1 aliphatic carbocycles. The summed E-state index contributed by atoms with van der Waals surface area (Å²) < 4.78 is 0. The predicted molar refractivity (Wildman–Crippen MR) is 58.6 cm³/mol. The third-order valence-corrected chi connectivity index (χ3v) is 2.60. The van der Waals surface area contributed by atoms with Gasteiger partial charge in [0, 0.05) is 5.54 Å². The molecule has 0 aromatic heterocycles. The van der Waals surface area contributed by atoms with Crippen molar-refractivity contribution < 1.29 is 0 Å². The molecule has 1 aliphatic rings. The van der Waals surface area contributed by atoms with E-state index in [1.54, 1.807) is 0 Å². The zero-order chi connectivity index (χ0) is 9.73. The van der Waals surface area contributed by atoms with E-state index in [2.05, 4.69) is 32.1 Å². The molecule has 0 heterocycles. The minimum atomic E-state index is -0.0476. The van der Waals surface area contributed by atoms with Crippen molar-refractivity contribution in [2.24, 2.45) is 5.73 Å². The van der Waals surface area contributed by atoms with Crippen LogP contribution >= 0.6 is 0 Å². The molecule has 0 bridgehead atoms. The molecular weight excluding hydrogens is 158 g/mol. The lowest BCUT2D eigenvalue weighted by Crippen LogP contribution is -2.38. The minimum absolute atomic E-state index is 0.0476. The average Bonchev–Trinajstić information content (AvgIpc) is 2.04. The molecule has 74 valence electrons. The van der Waals surface area contributed by atoms with Gasteiger partial charge in [-0.15, -0.1) is 0 Å². The highest BCUT2D eigenvalue weighted by molar-refractivity contribution is 5.26. The number of allylic oxidation sites excluding steroid dienone is 2. The van der Waals surface area contributed by atoms with Gasteiger partial charge in [-0.1, -0.05) is 50.5 Å². The van der Waals surface area contributed by atoms with Gasteiger partial charge in [-0.2, -0.15) is 0 Å². The van der Waals surface area contributed by atoms with Crippen molar-refractivity contribution in [3.8, 4) is 0 Å². The molecule has 0 aliphatic heterocycles. The van der Waals surface area contributed by atoms with E-state index in [1.807, 2.05) is 0 Å². The van der Waals surface area contributed by atoms with E-state index in [9.17, 15) is 0 Å². The van der Waals surface area contributed by atoms with Gasteiger partial charge >= 0.3 is 0 Å². The van der Waals surface area contributed by atoms with Gasteiger partial charge in [0.2, 0.25) is 0 Å². The maximum Gasteiger partial charge on any atom is 0.0379 e. The van der Waals surface area contributed by atoms with Crippen LogP contribution in [-0.4, -0.2) is 5.54 Å². The second-order valence-electron chi connectivity index (χ2n) is 4.09. The maximum absolute atomic E-state index is 6.26. The molecule has 0 aromatic carbocycles. The Bertz CT molecular complexity index is 215. The van der Waals surface area contributed by atoms with Gasteiger partial charge in [0.1, 0.15) is 0 Å². The summed E-state index contributed by atoms with van der Waals surface area (Å²) in [7, 11) is 0. The first-order chi connectivity index (χ1) is 6.20. The number of rotatable bonds is 4. The number of nitrogens with two attached hydrogens (primary N) is 1. The molecule has 13 heavy (non-hydrogen) atoms. The monoisotopic (exact) mass is 179 g/mol. The molecule has 0 aromatic rings. The van der Waals surface area contributed by atoms with Crippen LogP contribution in [-0.2, 0) is 0 Å². The highest BCUT2D eigenvalue weighted by atomic mass is 14.7. The van der Waals surface area contributed by atoms with Gasteiger partial charge in [-0.3, -0.25) is 0 Å². The lowest BCUT2D eigenvalue weighted by molar-refractivity contribution is 0.464. The van der Waals surface area contributed by atoms with Crippen LogP contribution in [0.2, 0.25) is 0 Å². The van der Waals surface area contributed by atoms with Gasteiger partial charge in [0.15, 0.2) is 0 Å². The van der Waals surface area contributed by atoms with Gasteiger partial charge in [-0.05, 0) is 19.3 Å². The van der Waals surface area contributed by atoms with Crippen molar-refractivity contribution in [1.82, 2.24) is 0 Å². The van der Waals surface area contributed by atoms with Crippen LogP contribution < -0.4 is 5.73 Å². The van der Waals surface area contributed by atoms with Crippen molar-refractivity contribution >= 4 is 0 Å². The number of hydrogen-bond acceptors (Lipinski definition) is 1. The maximum atomic E-state index is 6.26. The zero-order valence-electron chi connectivity index (χ0n) is 8.84. The standard InChI is InChI=1S/C12H21N/c1-3-6-11-7-5-9-12(13,10-11)8-4-2/h5,7,9H,3-4,6,8,10,13H2,1-2H3. The van der Waals surface area contributed by atoms with Crippen molar-refractivity contribution in [3.63, 3.8) is 0 Å². The summed E-state index contributed by atoms with van der Waals surface area (Å²) in [5.74, 6) is 0. The summed E-state index contributed by atoms with van der Waals surface area (Å²) in [4.78, 5) is 0. The Kier molecular flexibility index (Phi) is 3.73. The molecule has 0 amide bonds. The second-order valence-corrected chi connectivity index (χ2v) is 4.09. The highest BCUT2D eigenvalue weighted by Gasteiger charge is 2.23. The summed E-state index contributed by atoms with van der Waals surface area (Å²) in [6, 6.07) is 0. The lowest BCUT2D eigenvalue weighted by Gasteiger charge is -2.29. The Balaban J connectivity index is 2.57. The molecule has 1 atom stereocenters. The molecule has 1 rings (SSSR count). The van der Waals surface area contributed by atoms with Crippen molar-refractivity contribution in [2.45, 2.75) is 51.5 Å². The van der Waals surface area contributed by atoms with E-state index in [1.165, 1.54) is 24.8 Å². The first-order valence-electron chi connectivity index (χ1n) is 5.36. The van der Waals surface area contributed by atoms with Crippen molar-refractivity contribution in [1.29, 1.82) is 0 Å². The molecule has 0 spiro atoms. The van der Waals surface area contributed by atoms with E-state index in [4.69, 9.17) is 5.73 Å². The molecule has 0 saturated heterocycles. The van der Waals surface area contributed by atoms with Crippen LogP contribution in [0.25, 0.3) is 0 Å². The highest BCUT2D eigenvalue weighted by Crippen LogP contribution is 2.27. The first kappa shape index (κ1) is 10.5. The minimum Gasteiger partial charge on any atom is -0.322 e. The molecule has 2 N–H and O–H groups in total. The molecule has 0 radical (unpaired) electrons. The summed E-state index contributed by atoms with van der Waals surface area (Å²) in [5.41, 5.74) is 7.73.